The second-order valence-electron chi connectivity index (χ2n) is 8.49. The number of hydrogen-bond donors (Lipinski definition) is 2. The summed E-state index contributed by atoms with van der Waals surface area (Å²) in [7, 11) is 0. The number of piperidine rings is 1. The number of aromatic amines is 1. The Morgan fingerprint density at radius 3 is 2.69 bits per heavy atom. The average Bonchev–Trinajstić information content (AvgIpc) is 3.30. The fourth-order valence-electron chi connectivity index (χ4n) is 3.99. The van der Waals surface area contributed by atoms with Crippen LogP contribution in [0.4, 0.5) is 8.78 Å². The number of tetrazole rings is 1. The largest absolute Gasteiger partial charge is 0.379 e. The molecule has 2 N–H and O–H groups in total. The van der Waals surface area contributed by atoms with Gasteiger partial charge in [0, 0.05) is 24.9 Å². The fourth-order valence-corrected chi connectivity index (χ4v) is 3.99. The Morgan fingerprint density at radius 2 is 1.97 bits per heavy atom. The van der Waals surface area contributed by atoms with E-state index in [1.807, 2.05) is 0 Å². The number of unbranched alkanes of at least 4 members (excludes halogenated alkanes) is 3. The monoisotopic (exact) mass is 447 g/mol. The van der Waals surface area contributed by atoms with Crippen LogP contribution in [-0.2, 0) is 17.1 Å². The topological polar surface area (TPSA) is 95.0 Å². The van der Waals surface area contributed by atoms with Crippen LogP contribution in [0, 0.1) is 0 Å². The molecule has 0 spiro atoms. The quantitative estimate of drug-likeness (QED) is 0.404. The molecule has 0 aliphatic carbocycles. The maximum atomic E-state index is 14.9. The van der Waals surface area contributed by atoms with E-state index in [9.17, 15) is 18.7 Å². The summed E-state index contributed by atoms with van der Waals surface area (Å²) in [6.45, 7) is 1.68. The predicted molar refractivity (Wildman–Crippen MR) is 116 cm³/mol. The number of likely N-dealkylation sites (tertiary alicyclic amines) is 1. The number of aliphatic hydroxyl groups is 1. The van der Waals surface area contributed by atoms with E-state index in [0.29, 0.717) is 31.6 Å². The van der Waals surface area contributed by atoms with Crippen LogP contribution in [0.15, 0.2) is 42.5 Å². The zero-order chi connectivity index (χ0) is 23.0. The van der Waals surface area contributed by atoms with Gasteiger partial charge in [0.15, 0.2) is 5.82 Å². The van der Waals surface area contributed by atoms with Gasteiger partial charge < -0.3 is 10.0 Å². The summed E-state index contributed by atoms with van der Waals surface area (Å²) in [5.41, 5.74) is -2.61. The number of aromatic nitrogens is 4. The third kappa shape index (κ3) is 5.97. The van der Waals surface area contributed by atoms with Crippen LogP contribution in [0.25, 0.3) is 0 Å². The number of nitrogens with one attached hydrogen (secondary N) is 1. The van der Waals surface area contributed by atoms with Crippen molar-refractivity contribution in [2.75, 3.05) is 6.54 Å². The molecule has 1 fully saturated rings. The lowest BCUT2D eigenvalue weighted by atomic mass is 9.89. The second kappa shape index (κ2) is 10.8. The third-order valence-corrected chi connectivity index (χ3v) is 5.96. The van der Waals surface area contributed by atoms with Gasteiger partial charge in [-0.15, -0.1) is 10.2 Å². The third-order valence-electron chi connectivity index (χ3n) is 5.96. The Hall–Kier alpha value is -2.68. The van der Waals surface area contributed by atoms with E-state index in [4.69, 9.17) is 0 Å². The molecule has 1 aliphatic rings. The van der Waals surface area contributed by atoms with E-state index in [0.717, 1.165) is 45.1 Å². The first-order valence-electron chi connectivity index (χ1n) is 11.2. The van der Waals surface area contributed by atoms with E-state index in [2.05, 4.69) is 20.6 Å². The molecule has 1 aromatic carbocycles. The first-order chi connectivity index (χ1) is 15.3. The molecule has 0 saturated carbocycles. The van der Waals surface area contributed by atoms with Gasteiger partial charge in [-0.05, 0) is 38.7 Å². The molecule has 9 heteroatoms. The maximum Gasteiger partial charge on any atom is 0.304 e. The minimum absolute atomic E-state index is 0.0344. The number of carbonyl (C=O) groups is 1. The van der Waals surface area contributed by atoms with Gasteiger partial charge in [-0.3, -0.25) is 4.79 Å². The van der Waals surface area contributed by atoms with Crippen molar-refractivity contribution in [3.63, 3.8) is 0 Å². The highest BCUT2D eigenvalue weighted by atomic mass is 19.3. The lowest BCUT2D eigenvalue weighted by Crippen LogP contribution is -2.45. The van der Waals surface area contributed by atoms with Crippen molar-refractivity contribution < 1.29 is 18.7 Å². The van der Waals surface area contributed by atoms with Crippen LogP contribution >= 0.6 is 0 Å². The normalized spacial score (nSPS) is 19.4. The highest BCUT2D eigenvalue weighted by Crippen LogP contribution is 2.40. The van der Waals surface area contributed by atoms with E-state index >= 15 is 0 Å². The Balaban J connectivity index is 1.54. The minimum Gasteiger partial charge on any atom is -0.379 e. The van der Waals surface area contributed by atoms with Gasteiger partial charge in [0.05, 0.1) is 6.04 Å². The van der Waals surface area contributed by atoms with Gasteiger partial charge in [0.25, 0.3) is 0 Å². The number of H-pyrrole nitrogens is 1. The minimum atomic E-state index is -3.45. The fraction of sp³-hybridized carbons (Fsp3) is 0.565. The Kier molecular flexibility index (Phi) is 8.06. The van der Waals surface area contributed by atoms with E-state index in [1.165, 1.54) is 24.3 Å². The molecule has 2 atom stereocenters. The van der Waals surface area contributed by atoms with Crippen LogP contribution in [0.1, 0.15) is 63.3 Å². The zero-order valence-corrected chi connectivity index (χ0v) is 18.4. The summed E-state index contributed by atoms with van der Waals surface area (Å²) in [6, 6.07) is 7.02. The molecule has 1 aromatic heterocycles. The van der Waals surface area contributed by atoms with Gasteiger partial charge in [-0.1, -0.05) is 54.5 Å². The lowest BCUT2D eigenvalue weighted by molar-refractivity contribution is -0.152. The second-order valence-corrected chi connectivity index (χ2v) is 8.49. The number of nitrogens with zero attached hydrogens (tertiary/aromatic N) is 4. The van der Waals surface area contributed by atoms with Gasteiger partial charge in [-0.25, -0.2) is 0 Å². The highest BCUT2D eigenvalue weighted by molar-refractivity contribution is 5.77. The van der Waals surface area contributed by atoms with Crippen molar-refractivity contribution in [1.82, 2.24) is 25.5 Å². The van der Waals surface area contributed by atoms with Gasteiger partial charge in [0.1, 0.15) is 5.60 Å². The van der Waals surface area contributed by atoms with Crippen molar-refractivity contribution in [2.24, 2.45) is 0 Å². The number of aryl methyl sites for hydroxylation is 1. The van der Waals surface area contributed by atoms with Crippen LogP contribution in [0.2, 0.25) is 0 Å². The van der Waals surface area contributed by atoms with E-state index < -0.39 is 11.5 Å². The Bertz CT molecular complexity index is 872. The van der Waals surface area contributed by atoms with Crippen LogP contribution < -0.4 is 0 Å². The number of halogens is 2. The molecule has 1 saturated heterocycles. The van der Waals surface area contributed by atoms with Crippen molar-refractivity contribution >= 4 is 5.91 Å². The first-order valence-corrected chi connectivity index (χ1v) is 11.2. The average molecular weight is 448 g/mol. The summed E-state index contributed by atoms with van der Waals surface area (Å²) >= 11 is 0. The van der Waals surface area contributed by atoms with Crippen LogP contribution in [0.5, 0.6) is 0 Å². The molecule has 7 nitrogen and oxygen atoms in total. The number of alkyl halides is 2. The molecule has 1 aliphatic heterocycles. The summed E-state index contributed by atoms with van der Waals surface area (Å²) in [4.78, 5) is 14.2. The molecule has 3 rings (SSSR count). The summed E-state index contributed by atoms with van der Waals surface area (Å²) in [5, 5.41) is 24.4. The highest BCUT2D eigenvalue weighted by Gasteiger charge is 2.48. The van der Waals surface area contributed by atoms with Gasteiger partial charge in [-0.2, -0.15) is 14.0 Å². The van der Waals surface area contributed by atoms with Crippen molar-refractivity contribution in [3.05, 3.63) is 53.9 Å². The summed E-state index contributed by atoms with van der Waals surface area (Å²) < 4.78 is 29.8. The van der Waals surface area contributed by atoms with E-state index in [-0.39, 0.29) is 17.5 Å². The SMILES string of the molecule is CC(O)(/C=C/[C@H]1CCCC(=O)N1CCCCCCc1nn[nH]n1)C(F)(F)c1ccccc1. The number of amides is 1. The molecule has 0 bridgehead atoms. The van der Waals surface area contributed by atoms with E-state index in [1.54, 1.807) is 17.0 Å². The molecule has 2 heterocycles. The number of carbonyl (C=O) groups excluding carboxylic acids is 1. The van der Waals surface area contributed by atoms with Crippen molar-refractivity contribution in [2.45, 2.75) is 75.9 Å². The summed E-state index contributed by atoms with van der Waals surface area (Å²) in [6.07, 6.45) is 9.07. The summed E-state index contributed by atoms with van der Waals surface area (Å²) in [5.74, 6) is -2.72. The predicted octanol–water partition coefficient (Wildman–Crippen LogP) is 3.78. The molecule has 0 radical (unpaired) electrons. The standard InChI is InChI=1S/C23H31F2N5O2/c1-22(32,23(24,25)18-10-5-4-6-11-18)16-15-19-12-9-14-21(31)30(19)17-8-3-2-7-13-20-26-28-29-27-20/h4-6,10-11,15-16,19,32H,2-3,7-9,12-14,17H2,1H3,(H,26,27,28,29)/b16-15+/t19-,22?/m1/s1. The van der Waals surface area contributed by atoms with Crippen molar-refractivity contribution in [1.29, 1.82) is 0 Å². The number of hydrogen-bond acceptors (Lipinski definition) is 5. The molecule has 1 amide bonds. The molecule has 2 aromatic rings. The zero-order valence-electron chi connectivity index (χ0n) is 18.4. The molecular formula is C23H31F2N5O2. The first kappa shape index (κ1) is 24.0. The molecular weight excluding hydrogens is 416 g/mol. The van der Waals surface area contributed by atoms with Gasteiger partial charge in [0.2, 0.25) is 5.91 Å². The number of rotatable bonds is 11. The maximum absolute atomic E-state index is 14.9. The van der Waals surface area contributed by atoms with Crippen LogP contribution in [0.3, 0.4) is 0 Å². The Labute approximate surface area is 186 Å². The number of benzene rings is 1. The smallest absolute Gasteiger partial charge is 0.304 e. The lowest BCUT2D eigenvalue weighted by Gasteiger charge is -2.35. The van der Waals surface area contributed by atoms with Gasteiger partial charge >= 0.3 is 5.92 Å². The Morgan fingerprint density at radius 1 is 1.22 bits per heavy atom. The molecule has 1 unspecified atom stereocenters. The molecule has 174 valence electrons. The van der Waals surface area contributed by atoms with Crippen molar-refractivity contribution in [3.8, 4) is 0 Å². The molecule has 32 heavy (non-hydrogen) atoms. The van der Waals surface area contributed by atoms with Crippen LogP contribution in [-0.4, -0.2) is 54.7 Å².